The van der Waals surface area contributed by atoms with Crippen LogP contribution >= 0.6 is 0 Å². The molecule has 0 aromatic rings. The molecule has 0 fully saturated rings. The zero-order valence-electron chi connectivity index (χ0n) is 17.5. The highest BCUT2D eigenvalue weighted by atomic mass is 17.0. The van der Waals surface area contributed by atoms with Gasteiger partial charge in [0.2, 0.25) is 0 Å². The summed E-state index contributed by atoms with van der Waals surface area (Å²) in [5, 5.41) is 0. The Morgan fingerprint density at radius 2 is 0.720 bits per heavy atom. The van der Waals surface area contributed by atoms with Crippen LogP contribution in [0.5, 0.6) is 0 Å². The van der Waals surface area contributed by atoms with Crippen molar-refractivity contribution in [2.24, 2.45) is 0 Å². The van der Waals surface area contributed by atoms with E-state index in [1.165, 1.54) is 0 Å². The standard InChI is InChI=1S/C20H42O5/c1-7-11-15-21-19(5,22-16-12-8-2)25-20(6,23-17-13-9-3)24-18-14-10-4/h7-18H2,1-6H3. The third-order valence-corrected chi connectivity index (χ3v) is 3.82. The van der Waals surface area contributed by atoms with Crippen LogP contribution < -0.4 is 0 Å². The molecule has 152 valence electrons. The maximum absolute atomic E-state index is 6.12. The van der Waals surface area contributed by atoms with E-state index >= 15 is 0 Å². The van der Waals surface area contributed by atoms with Gasteiger partial charge in [-0.05, 0) is 25.7 Å². The topological polar surface area (TPSA) is 46.2 Å². The molecular formula is C20H42O5. The Labute approximate surface area is 155 Å². The van der Waals surface area contributed by atoms with Crippen LogP contribution in [-0.2, 0) is 23.7 Å². The van der Waals surface area contributed by atoms with Crippen molar-refractivity contribution < 1.29 is 23.7 Å². The van der Waals surface area contributed by atoms with Crippen LogP contribution in [-0.4, -0.2) is 38.4 Å². The minimum Gasteiger partial charge on any atom is -0.328 e. The fourth-order valence-electron chi connectivity index (χ4n) is 2.15. The summed E-state index contributed by atoms with van der Waals surface area (Å²) in [4.78, 5) is 0. The molecule has 0 aliphatic heterocycles. The quantitative estimate of drug-likeness (QED) is 0.234. The minimum absolute atomic E-state index is 0.582. The molecule has 0 radical (unpaired) electrons. The van der Waals surface area contributed by atoms with Crippen molar-refractivity contribution in [3.05, 3.63) is 0 Å². The van der Waals surface area contributed by atoms with Gasteiger partial charge in [0, 0.05) is 13.8 Å². The molecule has 0 aliphatic rings. The normalized spacial score (nSPS) is 12.7. The van der Waals surface area contributed by atoms with Gasteiger partial charge in [-0.2, -0.15) is 0 Å². The Hall–Kier alpha value is -0.200. The van der Waals surface area contributed by atoms with Crippen molar-refractivity contribution >= 4 is 0 Å². The van der Waals surface area contributed by atoms with E-state index < -0.39 is 11.9 Å². The lowest BCUT2D eigenvalue weighted by Gasteiger charge is -2.38. The summed E-state index contributed by atoms with van der Waals surface area (Å²) < 4.78 is 29.8. The van der Waals surface area contributed by atoms with Gasteiger partial charge < -0.3 is 18.9 Å². The fourth-order valence-corrected chi connectivity index (χ4v) is 2.15. The van der Waals surface area contributed by atoms with Crippen molar-refractivity contribution in [1.82, 2.24) is 0 Å². The molecule has 5 nitrogen and oxygen atoms in total. The molecule has 5 heteroatoms. The van der Waals surface area contributed by atoms with Crippen LogP contribution in [0.1, 0.15) is 92.9 Å². The first-order valence-electron chi connectivity index (χ1n) is 10.2. The summed E-state index contributed by atoms with van der Waals surface area (Å²) in [7, 11) is 0. The van der Waals surface area contributed by atoms with Crippen LogP contribution in [0.15, 0.2) is 0 Å². The van der Waals surface area contributed by atoms with Crippen LogP contribution in [0.25, 0.3) is 0 Å². The van der Waals surface area contributed by atoms with E-state index in [9.17, 15) is 0 Å². The average molecular weight is 363 g/mol. The number of ether oxygens (including phenoxy) is 5. The molecule has 0 unspecified atom stereocenters. The monoisotopic (exact) mass is 362 g/mol. The molecule has 0 rings (SSSR count). The summed E-state index contributed by atoms with van der Waals surface area (Å²) in [6, 6.07) is 0. The second-order valence-corrected chi connectivity index (χ2v) is 6.63. The van der Waals surface area contributed by atoms with Gasteiger partial charge in [-0.15, -0.1) is 0 Å². The lowest BCUT2D eigenvalue weighted by atomic mass is 10.3. The Morgan fingerprint density at radius 1 is 0.480 bits per heavy atom. The van der Waals surface area contributed by atoms with Crippen molar-refractivity contribution in [3.63, 3.8) is 0 Å². The Balaban J connectivity index is 4.90. The van der Waals surface area contributed by atoms with Crippen LogP contribution in [0.3, 0.4) is 0 Å². The number of hydrogen-bond acceptors (Lipinski definition) is 5. The Kier molecular flexibility index (Phi) is 14.8. The largest absolute Gasteiger partial charge is 0.328 e. The predicted octanol–water partition coefficient (Wildman–Crippen LogP) is 5.62. The third kappa shape index (κ3) is 12.7. The third-order valence-electron chi connectivity index (χ3n) is 3.82. The number of rotatable bonds is 18. The van der Waals surface area contributed by atoms with E-state index in [1.54, 1.807) is 0 Å². The summed E-state index contributed by atoms with van der Waals surface area (Å²) >= 11 is 0. The van der Waals surface area contributed by atoms with Crippen molar-refractivity contribution in [1.29, 1.82) is 0 Å². The van der Waals surface area contributed by atoms with E-state index in [1.807, 2.05) is 13.8 Å². The second-order valence-electron chi connectivity index (χ2n) is 6.63. The van der Waals surface area contributed by atoms with Crippen LogP contribution in [0.4, 0.5) is 0 Å². The zero-order chi connectivity index (χ0) is 19.0. The van der Waals surface area contributed by atoms with Gasteiger partial charge >= 0.3 is 0 Å². The SMILES string of the molecule is CCCCOC(C)(OCCCC)OC(C)(OCCCC)OCCCC. The van der Waals surface area contributed by atoms with E-state index in [-0.39, 0.29) is 0 Å². The highest BCUT2D eigenvalue weighted by Crippen LogP contribution is 2.27. The van der Waals surface area contributed by atoms with Crippen LogP contribution in [0.2, 0.25) is 0 Å². The first kappa shape index (κ1) is 24.8. The van der Waals surface area contributed by atoms with Gasteiger partial charge in [-0.1, -0.05) is 53.4 Å². The summed E-state index contributed by atoms with van der Waals surface area (Å²) in [5.74, 6) is -2.34. The Bertz CT molecular complexity index is 248. The first-order chi connectivity index (χ1) is 11.9. The molecule has 0 spiro atoms. The highest BCUT2D eigenvalue weighted by Gasteiger charge is 2.39. The second kappa shape index (κ2) is 14.9. The van der Waals surface area contributed by atoms with E-state index in [0.29, 0.717) is 26.4 Å². The molecular weight excluding hydrogens is 320 g/mol. The van der Waals surface area contributed by atoms with Crippen molar-refractivity contribution in [2.75, 3.05) is 26.4 Å². The van der Waals surface area contributed by atoms with Gasteiger partial charge in [-0.3, -0.25) is 4.74 Å². The lowest BCUT2D eigenvalue weighted by molar-refractivity contribution is -0.492. The van der Waals surface area contributed by atoms with Gasteiger partial charge in [0.15, 0.2) is 0 Å². The molecule has 0 atom stereocenters. The van der Waals surface area contributed by atoms with Gasteiger partial charge in [-0.25, -0.2) is 0 Å². The van der Waals surface area contributed by atoms with E-state index in [2.05, 4.69) is 27.7 Å². The van der Waals surface area contributed by atoms with E-state index in [4.69, 9.17) is 23.7 Å². The fraction of sp³-hybridized carbons (Fsp3) is 1.00. The molecule has 0 aliphatic carbocycles. The maximum Gasteiger partial charge on any atom is 0.284 e. The molecule has 0 heterocycles. The Morgan fingerprint density at radius 3 is 0.920 bits per heavy atom. The number of hydrogen-bond donors (Lipinski definition) is 0. The smallest absolute Gasteiger partial charge is 0.284 e. The maximum atomic E-state index is 6.12. The molecule has 0 N–H and O–H groups in total. The molecule has 25 heavy (non-hydrogen) atoms. The molecule has 0 amide bonds. The van der Waals surface area contributed by atoms with E-state index in [0.717, 1.165) is 51.4 Å². The molecule has 0 saturated carbocycles. The molecule has 0 bridgehead atoms. The summed E-state index contributed by atoms with van der Waals surface area (Å²) in [6.45, 7) is 14.5. The average Bonchev–Trinajstić information content (AvgIpc) is 2.56. The minimum atomic E-state index is -1.17. The first-order valence-corrected chi connectivity index (χ1v) is 10.2. The zero-order valence-corrected chi connectivity index (χ0v) is 17.5. The predicted molar refractivity (Wildman–Crippen MR) is 101 cm³/mol. The molecule has 0 saturated heterocycles. The van der Waals surface area contributed by atoms with Crippen molar-refractivity contribution in [3.8, 4) is 0 Å². The number of unbranched alkanes of at least 4 members (excludes halogenated alkanes) is 4. The van der Waals surface area contributed by atoms with Crippen LogP contribution in [0, 0.1) is 0 Å². The highest BCUT2D eigenvalue weighted by molar-refractivity contribution is 4.58. The summed E-state index contributed by atoms with van der Waals surface area (Å²) in [5.41, 5.74) is 0. The molecule has 0 aromatic carbocycles. The molecule has 0 aromatic heterocycles. The van der Waals surface area contributed by atoms with Gasteiger partial charge in [0.25, 0.3) is 11.9 Å². The van der Waals surface area contributed by atoms with Gasteiger partial charge in [0.1, 0.15) is 0 Å². The lowest BCUT2D eigenvalue weighted by Crippen LogP contribution is -2.48. The van der Waals surface area contributed by atoms with Crippen molar-refractivity contribution in [2.45, 2.75) is 105 Å². The van der Waals surface area contributed by atoms with Gasteiger partial charge in [0.05, 0.1) is 26.4 Å². The summed E-state index contributed by atoms with van der Waals surface area (Å²) in [6.07, 6.45) is 8.07.